The van der Waals surface area contributed by atoms with Crippen molar-refractivity contribution in [3.8, 4) is 0 Å². The number of primary amides is 1. The second kappa shape index (κ2) is 6.06. The molecule has 0 bridgehead atoms. The normalized spacial score (nSPS) is 10.4. The number of halogens is 1. The van der Waals surface area contributed by atoms with Crippen LogP contribution in [0.1, 0.15) is 21.5 Å². The minimum Gasteiger partial charge on any atom is -0.366 e. The van der Waals surface area contributed by atoms with Gasteiger partial charge in [-0.15, -0.1) is 0 Å². The van der Waals surface area contributed by atoms with Crippen molar-refractivity contribution in [1.82, 2.24) is 10.3 Å². The zero-order chi connectivity index (χ0) is 13.7. The van der Waals surface area contributed by atoms with Crippen molar-refractivity contribution in [3.05, 3.63) is 65.2 Å². The third-order valence-corrected chi connectivity index (χ3v) is 2.73. The number of aromatic nitrogens is 1. The van der Waals surface area contributed by atoms with E-state index in [2.05, 4.69) is 10.3 Å². The molecule has 1 aromatic heterocycles. The number of hydrogen-bond acceptors (Lipinski definition) is 3. The van der Waals surface area contributed by atoms with Crippen molar-refractivity contribution in [2.24, 2.45) is 5.73 Å². The quantitative estimate of drug-likeness (QED) is 0.857. The molecule has 0 aliphatic carbocycles. The lowest BCUT2D eigenvalue weighted by Gasteiger charge is -2.07. The average Bonchev–Trinajstić information content (AvgIpc) is 2.41. The first-order chi connectivity index (χ1) is 9.16. The summed E-state index contributed by atoms with van der Waals surface area (Å²) in [5, 5.41) is 3.12. The summed E-state index contributed by atoms with van der Waals surface area (Å²) in [5.74, 6) is -1.06. The number of nitrogens with two attached hydrogens (primary N) is 1. The van der Waals surface area contributed by atoms with Gasteiger partial charge in [0.15, 0.2) is 0 Å². The third-order valence-electron chi connectivity index (χ3n) is 2.73. The molecule has 0 unspecified atom stereocenters. The molecule has 0 atom stereocenters. The Balaban J connectivity index is 1.95. The van der Waals surface area contributed by atoms with Gasteiger partial charge in [0.1, 0.15) is 5.82 Å². The molecule has 0 saturated carbocycles. The molecule has 1 heterocycles. The second-order valence-electron chi connectivity index (χ2n) is 4.13. The highest BCUT2D eigenvalue weighted by molar-refractivity contribution is 5.92. The highest BCUT2D eigenvalue weighted by Gasteiger charge is 2.06. The van der Waals surface area contributed by atoms with E-state index in [9.17, 15) is 9.18 Å². The Morgan fingerprint density at radius 1 is 1.21 bits per heavy atom. The summed E-state index contributed by atoms with van der Waals surface area (Å²) in [5.41, 5.74) is 6.83. The number of carbonyl (C=O) groups excluding carboxylic acids is 1. The maximum Gasteiger partial charge on any atom is 0.248 e. The van der Waals surface area contributed by atoms with Gasteiger partial charge in [0.25, 0.3) is 0 Å². The smallest absolute Gasteiger partial charge is 0.248 e. The van der Waals surface area contributed by atoms with Gasteiger partial charge in [-0.25, -0.2) is 4.39 Å². The predicted octanol–water partition coefficient (Wildman–Crippen LogP) is 1.61. The zero-order valence-electron chi connectivity index (χ0n) is 10.3. The summed E-state index contributed by atoms with van der Waals surface area (Å²) >= 11 is 0. The van der Waals surface area contributed by atoms with Gasteiger partial charge in [0.2, 0.25) is 5.91 Å². The van der Waals surface area contributed by atoms with Gasteiger partial charge in [-0.2, -0.15) is 0 Å². The van der Waals surface area contributed by atoms with Crippen LogP contribution in [0.4, 0.5) is 4.39 Å². The van der Waals surface area contributed by atoms with Gasteiger partial charge in [-0.3, -0.25) is 9.78 Å². The summed E-state index contributed by atoms with van der Waals surface area (Å²) in [6, 6.07) is 8.02. The van der Waals surface area contributed by atoms with Crippen molar-refractivity contribution in [1.29, 1.82) is 0 Å². The first-order valence-corrected chi connectivity index (χ1v) is 5.84. The molecule has 4 nitrogen and oxygen atoms in total. The third kappa shape index (κ3) is 3.59. The number of carbonyl (C=O) groups is 1. The summed E-state index contributed by atoms with van der Waals surface area (Å²) in [6.45, 7) is 1.01. The van der Waals surface area contributed by atoms with E-state index in [0.717, 1.165) is 11.6 Å². The van der Waals surface area contributed by atoms with Crippen LogP contribution < -0.4 is 11.1 Å². The van der Waals surface area contributed by atoms with Crippen LogP contribution in [0.2, 0.25) is 0 Å². The molecule has 98 valence electrons. The van der Waals surface area contributed by atoms with Gasteiger partial charge in [0, 0.05) is 36.6 Å². The van der Waals surface area contributed by atoms with Gasteiger partial charge in [-0.05, 0) is 29.8 Å². The number of rotatable bonds is 5. The molecule has 19 heavy (non-hydrogen) atoms. The molecule has 5 heteroatoms. The SMILES string of the molecule is NC(=O)c1ccc(CNCc2ccncc2)c(F)c1. The Morgan fingerprint density at radius 2 is 1.95 bits per heavy atom. The van der Waals surface area contributed by atoms with Crippen molar-refractivity contribution in [3.63, 3.8) is 0 Å². The van der Waals surface area contributed by atoms with E-state index in [1.807, 2.05) is 12.1 Å². The van der Waals surface area contributed by atoms with Gasteiger partial charge in [0.05, 0.1) is 0 Å². The lowest BCUT2D eigenvalue weighted by molar-refractivity contribution is 0.1000. The zero-order valence-corrected chi connectivity index (χ0v) is 10.3. The number of nitrogens with zero attached hydrogens (tertiary/aromatic N) is 1. The number of amides is 1. The van der Waals surface area contributed by atoms with Gasteiger partial charge in [-0.1, -0.05) is 6.07 Å². The number of benzene rings is 1. The Labute approximate surface area is 110 Å². The lowest BCUT2D eigenvalue weighted by Crippen LogP contribution is -2.15. The molecule has 0 aliphatic rings. The predicted molar refractivity (Wildman–Crippen MR) is 69.7 cm³/mol. The van der Waals surface area contributed by atoms with Crippen molar-refractivity contribution >= 4 is 5.91 Å². The molecule has 1 aromatic carbocycles. The highest BCUT2D eigenvalue weighted by atomic mass is 19.1. The Kier molecular flexibility index (Phi) is 4.20. The molecular formula is C14H14FN3O. The minimum atomic E-state index is -0.629. The van der Waals surface area contributed by atoms with E-state index in [-0.39, 0.29) is 5.56 Å². The Morgan fingerprint density at radius 3 is 2.58 bits per heavy atom. The standard InChI is InChI=1S/C14H14FN3O/c15-13-7-11(14(16)19)1-2-12(13)9-18-8-10-3-5-17-6-4-10/h1-7,18H,8-9H2,(H2,16,19). The number of pyridine rings is 1. The Hall–Kier alpha value is -2.27. The van der Waals surface area contributed by atoms with Crippen LogP contribution >= 0.6 is 0 Å². The molecular weight excluding hydrogens is 245 g/mol. The fraction of sp³-hybridized carbons (Fsp3) is 0.143. The van der Waals surface area contributed by atoms with Crippen LogP contribution in [0, 0.1) is 5.82 Å². The van der Waals surface area contributed by atoms with Gasteiger partial charge < -0.3 is 11.1 Å². The van der Waals surface area contributed by atoms with Crippen LogP contribution in [-0.2, 0) is 13.1 Å². The molecule has 0 spiro atoms. The summed E-state index contributed by atoms with van der Waals surface area (Å²) in [6.07, 6.45) is 3.42. The molecule has 0 fully saturated rings. The van der Waals surface area contributed by atoms with Crippen LogP contribution in [0.25, 0.3) is 0 Å². The molecule has 3 N–H and O–H groups in total. The second-order valence-corrected chi connectivity index (χ2v) is 4.13. The van der Waals surface area contributed by atoms with Crippen molar-refractivity contribution in [2.75, 3.05) is 0 Å². The highest BCUT2D eigenvalue weighted by Crippen LogP contribution is 2.10. The molecule has 0 saturated heterocycles. The average molecular weight is 259 g/mol. The van der Waals surface area contributed by atoms with Crippen LogP contribution in [-0.4, -0.2) is 10.9 Å². The monoisotopic (exact) mass is 259 g/mol. The van der Waals surface area contributed by atoms with E-state index in [0.29, 0.717) is 18.7 Å². The first-order valence-electron chi connectivity index (χ1n) is 5.84. The number of hydrogen-bond donors (Lipinski definition) is 2. The summed E-state index contributed by atoms with van der Waals surface area (Å²) < 4.78 is 13.7. The summed E-state index contributed by atoms with van der Waals surface area (Å²) in [7, 11) is 0. The van der Waals surface area contributed by atoms with Crippen LogP contribution in [0.3, 0.4) is 0 Å². The fourth-order valence-corrected chi connectivity index (χ4v) is 1.69. The van der Waals surface area contributed by atoms with E-state index >= 15 is 0 Å². The van der Waals surface area contributed by atoms with Crippen LogP contribution in [0.15, 0.2) is 42.7 Å². The fourth-order valence-electron chi connectivity index (χ4n) is 1.69. The molecule has 0 aliphatic heterocycles. The van der Waals surface area contributed by atoms with Gasteiger partial charge >= 0.3 is 0 Å². The first kappa shape index (κ1) is 13.2. The molecule has 2 rings (SSSR count). The van der Waals surface area contributed by atoms with Crippen molar-refractivity contribution in [2.45, 2.75) is 13.1 Å². The Bertz CT molecular complexity index is 572. The molecule has 1 amide bonds. The van der Waals surface area contributed by atoms with E-state index in [4.69, 9.17) is 5.73 Å². The van der Waals surface area contributed by atoms with E-state index in [1.165, 1.54) is 6.07 Å². The molecule has 2 aromatic rings. The van der Waals surface area contributed by atoms with Crippen molar-refractivity contribution < 1.29 is 9.18 Å². The number of nitrogens with one attached hydrogen (secondary N) is 1. The summed E-state index contributed by atoms with van der Waals surface area (Å²) in [4.78, 5) is 14.8. The topological polar surface area (TPSA) is 68.0 Å². The lowest BCUT2D eigenvalue weighted by atomic mass is 10.1. The van der Waals surface area contributed by atoms with Crippen LogP contribution in [0.5, 0.6) is 0 Å². The van der Waals surface area contributed by atoms with E-state index < -0.39 is 11.7 Å². The minimum absolute atomic E-state index is 0.176. The maximum atomic E-state index is 13.7. The molecule has 0 radical (unpaired) electrons. The largest absolute Gasteiger partial charge is 0.366 e. The maximum absolute atomic E-state index is 13.7. The van der Waals surface area contributed by atoms with E-state index in [1.54, 1.807) is 18.5 Å².